The van der Waals surface area contributed by atoms with Gasteiger partial charge in [-0.3, -0.25) is 0 Å². The van der Waals surface area contributed by atoms with Crippen LogP contribution >= 0.6 is 0 Å². The van der Waals surface area contributed by atoms with Crippen molar-refractivity contribution >= 4 is 11.7 Å². The van der Waals surface area contributed by atoms with E-state index in [1.807, 2.05) is 24.3 Å². The maximum atomic E-state index is 12.2. The van der Waals surface area contributed by atoms with Crippen LogP contribution in [0.1, 0.15) is 12.8 Å². The number of hydrogen-bond donors (Lipinski definition) is 1. The fourth-order valence-electron chi connectivity index (χ4n) is 1.88. The van der Waals surface area contributed by atoms with Gasteiger partial charge >= 0.3 is 6.03 Å². The van der Waals surface area contributed by atoms with Crippen LogP contribution < -0.4 is 10.1 Å². The SMILES string of the molecule is C#CCN(CC1CC1)C(=O)Nc1ccccc1OC. The van der Waals surface area contributed by atoms with Gasteiger partial charge in [0.05, 0.1) is 19.3 Å². The van der Waals surface area contributed by atoms with Gasteiger partial charge < -0.3 is 15.0 Å². The normalized spacial score (nSPS) is 13.5. The Bertz CT molecular complexity index is 489. The number of terminal acetylenes is 1. The number of rotatable bonds is 5. The predicted molar refractivity (Wildman–Crippen MR) is 75.1 cm³/mol. The zero-order valence-electron chi connectivity index (χ0n) is 11.1. The standard InChI is InChI=1S/C15H18N2O2/c1-3-10-17(11-12-8-9-12)15(18)16-13-6-4-5-7-14(13)19-2/h1,4-7,12H,8-11H2,2H3,(H,16,18). The van der Waals surface area contributed by atoms with E-state index in [1.165, 1.54) is 12.8 Å². The van der Waals surface area contributed by atoms with E-state index in [-0.39, 0.29) is 6.03 Å². The number of para-hydroxylation sites is 2. The van der Waals surface area contributed by atoms with Crippen molar-refractivity contribution in [1.29, 1.82) is 0 Å². The van der Waals surface area contributed by atoms with Crippen molar-refractivity contribution in [2.75, 3.05) is 25.5 Å². The lowest BCUT2D eigenvalue weighted by Crippen LogP contribution is -2.36. The maximum absolute atomic E-state index is 12.2. The second kappa shape index (κ2) is 6.14. The molecule has 0 radical (unpaired) electrons. The summed E-state index contributed by atoms with van der Waals surface area (Å²) < 4.78 is 5.21. The van der Waals surface area contributed by atoms with E-state index in [9.17, 15) is 4.79 Å². The number of methoxy groups -OCH3 is 1. The number of amides is 2. The molecule has 0 saturated heterocycles. The van der Waals surface area contributed by atoms with Gasteiger partial charge in [0.1, 0.15) is 5.75 Å². The van der Waals surface area contributed by atoms with Crippen LogP contribution in [0, 0.1) is 18.3 Å². The first kappa shape index (κ1) is 13.3. The molecule has 1 aliphatic carbocycles. The van der Waals surface area contributed by atoms with Crippen molar-refractivity contribution in [3.63, 3.8) is 0 Å². The Morgan fingerprint density at radius 3 is 2.89 bits per heavy atom. The van der Waals surface area contributed by atoms with Gasteiger partial charge in [0.2, 0.25) is 0 Å². The predicted octanol–water partition coefficient (Wildman–Crippen LogP) is 2.57. The largest absolute Gasteiger partial charge is 0.495 e. The van der Waals surface area contributed by atoms with Crippen molar-refractivity contribution in [1.82, 2.24) is 4.90 Å². The third-order valence-electron chi connectivity index (χ3n) is 3.09. The lowest BCUT2D eigenvalue weighted by atomic mass is 10.3. The van der Waals surface area contributed by atoms with Crippen LogP contribution in [0.5, 0.6) is 5.75 Å². The van der Waals surface area contributed by atoms with Crippen molar-refractivity contribution in [2.45, 2.75) is 12.8 Å². The lowest BCUT2D eigenvalue weighted by molar-refractivity contribution is 0.215. The molecule has 19 heavy (non-hydrogen) atoms. The summed E-state index contributed by atoms with van der Waals surface area (Å²) in [5.74, 6) is 3.78. The minimum atomic E-state index is -0.172. The van der Waals surface area contributed by atoms with Crippen LogP contribution in [0.2, 0.25) is 0 Å². The molecule has 4 nitrogen and oxygen atoms in total. The number of carbonyl (C=O) groups is 1. The van der Waals surface area contributed by atoms with Gasteiger partial charge in [-0.25, -0.2) is 4.79 Å². The first-order valence-corrected chi connectivity index (χ1v) is 6.37. The minimum Gasteiger partial charge on any atom is -0.495 e. The third kappa shape index (κ3) is 3.65. The minimum absolute atomic E-state index is 0.172. The zero-order valence-corrected chi connectivity index (χ0v) is 11.1. The van der Waals surface area contributed by atoms with Gasteiger partial charge in [-0.1, -0.05) is 18.1 Å². The molecule has 0 atom stereocenters. The molecule has 4 heteroatoms. The topological polar surface area (TPSA) is 41.6 Å². The fourth-order valence-corrected chi connectivity index (χ4v) is 1.88. The van der Waals surface area contributed by atoms with Gasteiger partial charge in [-0.15, -0.1) is 6.42 Å². The van der Waals surface area contributed by atoms with Gasteiger partial charge in [0.25, 0.3) is 0 Å². The van der Waals surface area contributed by atoms with E-state index < -0.39 is 0 Å². The number of hydrogen-bond acceptors (Lipinski definition) is 2. The number of urea groups is 1. The molecule has 1 aliphatic rings. The van der Waals surface area contributed by atoms with E-state index in [1.54, 1.807) is 12.0 Å². The monoisotopic (exact) mass is 258 g/mol. The zero-order chi connectivity index (χ0) is 13.7. The molecule has 0 aliphatic heterocycles. The molecule has 0 bridgehead atoms. The van der Waals surface area contributed by atoms with E-state index in [0.717, 1.165) is 6.54 Å². The van der Waals surface area contributed by atoms with Crippen molar-refractivity contribution in [2.24, 2.45) is 5.92 Å². The Morgan fingerprint density at radius 1 is 1.53 bits per heavy atom. The second-order valence-corrected chi connectivity index (χ2v) is 4.66. The molecule has 100 valence electrons. The number of benzene rings is 1. The molecule has 1 saturated carbocycles. The summed E-state index contributed by atoms with van der Waals surface area (Å²) in [4.78, 5) is 13.9. The molecule has 0 unspecified atom stereocenters. The second-order valence-electron chi connectivity index (χ2n) is 4.66. The first-order valence-electron chi connectivity index (χ1n) is 6.37. The molecule has 2 rings (SSSR count). The van der Waals surface area contributed by atoms with Crippen LogP contribution in [0.3, 0.4) is 0 Å². The number of ether oxygens (including phenoxy) is 1. The average molecular weight is 258 g/mol. The quantitative estimate of drug-likeness (QED) is 0.825. The molecule has 1 aromatic carbocycles. The van der Waals surface area contributed by atoms with Gasteiger partial charge in [0, 0.05) is 6.54 Å². The number of anilines is 1. The lowest BCUT2D eigenvalue weighted by Gasteiger charge is -2.21. The number of nitrogens with one attached hydrogen (secondary N) is 1. The number of carbonyl (C=O) groups excluding carboxylic acids is 1. The fraction of sp³-hybridized carbons (Fsp3) is 0.400. The van der Waals surface area contributed by atoms with Crippen LogP contribution in [-0.2, 0) is 0 Å². The molecule has 2 amide bonds. The summed E-state index contributed by atoms with van der Waals surface area (Å²) in [5, 5.41) is 2.85. The Balaban J connectivity index is 2.02. The summed E-state index contributed by atoms with van der Waals surface area (Å²) in [6.07, 6.45) is 7.68. The molecule has 1 fully saturated rings. The van der Waals surface area contributed by atoms with Crippen LogP contribution in [0.4, 0.5) is 10.5 Å². The highest BCUT2D eigenvalue weighted by atomic mass is 16.5. The van der Waals surface area contributed by atoms with E-state index in [2.05, 4.69) is 11.2 Å². The Morgan fingerprint density at radius 2 is 2.26 bits per heavy atom. The van der Waals surface area contributed by atoms with Crippen molar-refractivity contribution < 1.29 is 9.53 Å². The summed E-state index contributed by atoms with van der Waals surface area (Å²) in [6.45, 7) is 1.06. The highest BCUT2D eigenvalue weighted by Crippen LogP contribution is 2.30. The van der Waals surface area contributed by atoms with Gasteiger partial charge in [-0.05, 0) is 30.9 Å². The van der Waals surface area contributed by atoms with Crippen LogP contribution in [0.25, 0.3) is 0 Å². The van der Waals surface area contributed by atoms with E-state index in [4.69, 9.17) is 11.2 Å². The highest BCUT2D eigenvalue weighted by Gasteiger charge is 2.26. The highest BCUT2D eigenvalue weighted by molar-refractivity contribution is 5.91. The van der Waals surface area contributed by atoms with Crippen molar-refractivity contribution in [3.05, 3.63) is 24.3 Å². The maximum Gasteiger partial charge on any atom is 0.322 e. The summed E-state index contributed by atoms with van der Waals surface area (Å²) >= 11 is 0. The number of nitrogens with zero attached hydrogens (tertiary/aromatic N) is 1. The van der Waals surface area contributed by atoms with E-state index >= 15 is 0 Å². The molecule has 0 heterocycles. The summed E-state index contributed by atoms with van der Waals surface area (Å²) in [6, 6.07) is 7.15. The van der Waals surface area contributed by atoms with E-state index in [0.29, 0.717) is 23.9 Å². The Labute approximate surface area is 113 Å². The van der Waals surface area contributed by atoms with Crippen LogP contribution in [0.15, 0.2) is 24.3 Å². The molecule has 1 N–H and O–H groups in total. The summed E-state index contributed by atoms with van der Waals surface area (Å²) in [5.41, 5.74) is 0.660. The Kier molecular flexibility index (Phi) is 4.30. The molecule has 0 spiro atoms. The smallest absolute Gasteiger partial charge is 0.322 e. The summed E-state index contributed by atoms with van der Waals surface area (Å²) in [7, 11) is 1.58. The van der Waals surface area contributed by atoms with Gasteiger partial charge in [-0.2, -0.15) is 0 Å². The average Bonchev–Trinajstić information content (AvgIpc) is 3.23. The molecular weight excluding hydrogens is 240 g/mol. The van der Waals surface area contributed by atoms with Crippen molar-refractivity contribution in [3.8, 4) is 18.1 Å². The molecule has 0 aromatic heterocycles. The Hall–Kier alpha value is -2.15. The van der Waals surface area contributed by atoms with Gasteiger partial charge in [0.15, 0.2) is 0 Å². The molecular formula is C15H18N2O2. The third-order valence-corrected chi connectivity index (χ3v) is 3.09. The molecule has 1 aromatic rings. The first-order chi connectivity index (χ1) is 9.24. The van der Waals surface area contributed by atoms with Crippen LogP contribution in [-0.4, -0.2) is 31.1 Å².